The van der Waals surface area contributed by atoms with E-state index >= 15 is 0 Å². The van der Waals surface area contributed by atoms with Crippen molar-refractivity contribution in [3.63, 3.8) is 0 Å². The molecule has 4 rings (SSSR count). The summed E-state index contributed by atoms with van der Waals surface area (Å²) < 4.78 is 0. The summed E-state index contributed by atoms with van der Waals surface area (Å²) in [5, 5.41) is 22.0. The average Bonchev–Trinajstić information content (AvgIpc) is 3.19. The molecule has 158 valence electrons. The van der Waals surface area contributed by atoms with Crippen LogP contribution in [-0.4, -0.2) is 26.9 Å². The Kier molecular flexibility index (Phi) is 5.51. The van der Waals surface area contributed by atoms with Crippen LogP contribution in [0.25, 0.3) is 0 Å². The maximum atomic E-state index is 13.5. The number of amides is 1. The van der Waals surface area contributed by atoms with Crippen LogP contribution < -0.4 is 4.90 Å². The first-order valence-electron chi connectivity index (χ1n) is 9.18. The van der Waals surface area contributed by atoms with Crippen LogP contribution in [0, 0.1) is 13.8 Å². The van der Waals surface area contributed by atoms with E-state index in [1.807, 2.05) is 0 Å². The Hall–Kier alpha value is -2.87. The molecule has 2 N–H and O–H groups in total. The molecular formula is C22H16Cl2N2O4S. The number of ketones is 1. The van der Waals surface area contributed by atoms with Crippen molar-refractivity contribution in [1.29, 1.82) is 0 Å². The fourth-order valence-electron chi connectivity index (χ4n) is 3.61. The van der Waals surface area contributed by atoms with E-state index in [0.717, 1.165) is 0 Å². The third kappa shape index (κ3) is 3.69. The number of phenols is 1. The fourth-order valence-corrected chi connectivity index (χ4v) is 4.78. The number of anilines is 1. The molecule has 31 heavy (non-hydrogen) atoms. The minimum absolute atomic E-state index is 0.0398. The van der Waals surface area contributed by atoms with E-state index in [0.29, 0.717) is 31.9 Å². The van der Waals surface area contributed by atoms with E-state index in [4.69, 9.17) is 23.2 Å². The lowest BCUT2D eigenvalue weighted by atomic mass is 9.94. The summed E-state index contributed by atoms with van der Waals surface area (Å²) in [6.07, 6.45) is 0. The molecule has 1 aliphatic heterocycles. The normalized spacial score (nSPS) is 16.3. The number of hydrogen-bond acceptors (Lipinski definition) is 6. The van der Waals surface area contributed by atoms with Gasteiger partial charge in [0.2, 0.25) is 5.78 Å². The molecule has 6 nitrogen and oxygen atoms in total. The first kappa shape index (κ1) is 21.4. The second kappa shape index (κ2) is 8.00. The van der Waals surface area contributed by atoms with Gasteiger partial charge in [0.15, 0.2) is 5.76 Å². The largest absolute Gasteiger partial charge is 0.508 e. The van der Waals surface area contributed by atoms with E-state index < -0.39 is 23.5 Å². The van der Waals surface area contributed by atoms with Gasteiger partial charge in [-0.05, 0) is 49.7 Å². The number of nitrogens with zero attached hydrogens (tertiary/aromatic N) is 2. The maximum absolute atomic E-state index is 13.5. The number of aliphatic hydroxyl groups excluding tert-OH is 1. The number of carbonyl (C=O) groups excluding carboxylic acids is 2. The second-order valence-electron chi connectivity index (χ2n) is 7.01. The lowest BCUT2D eigenvalue weighted by molar-refractivity contribution is -0.117. The average molecular weight is 475 g/mol. The molecule has 2 heterocycles. The summed E-state index contributed by atoms with van der Waals surface area (Å²) in [4.78, 5) is 32.5. The molecule has 1 amide bonds. The number of aryl methyl sites for hydroxylation is 2. The first-order valence-corrected chi connectivity index (χ1v) is 10.8. The second-order valence-corrected chi connectivity index (χ2v) is 9.03. The summed E-state index contributed by atoms with van der Waals surface area (Å²) in [5.74, 6) is -1.95. The molecule has 2 aromatic carbocycles. The number of rotatable bonds is 4. The van der Waals surface area contributed by atoms with Gasteiger partial charge in [-0.3, -0.25) is 14.5 Å². The van der Waals surface area contributed by atoms with E-state index in [9.17, 15) is 19.8 Å². The highest BCUT2D eigenvalue weighted by Gasteiger charge is 2.45. The van der Waals surface area contributed by atoms with Gasteiger partial charge in [-0.1, -0.05) is 35.3 Å². The molecule has 9 heteroatoms. The standard InChI is InChI=1S/C22H16Cl2N2O4S/c1-10-21(31-11(2)25-10)19(28)17-18(12-4-3-5-14(27)8-12)26(22(30)20(17)29)13-6-7-15(23)16(24)9-13/h3-9,18,27,29H,1-2H3. The molecule has 0 saturated heterocycles. The third-order valence-corrected chi connectivity index (χ3v) is 6.74. The van der Waals surface area contributed by atoms with Gasteiger partial charge in [-0.15, -0.1) is 11.3 Å². The Morgan fingerprint density at radius 1 is 1.10 bits per heavy atom. The predicted molar refractivity (Wildman–Crippen MR) is 120 cm³/mol. The van der Waals surface area contributed by atoms with Gasteiger partial charge in [0, 0.05) is 5.69 Å². The van der Waals surface area contributed by atoms with Crippen molar-refractivity contribution in [3.05, 3.63) is 85.0 Å². The van der Waals surface area contributed by atoms with Crippen LogP contribution in [0.4, 0.5) is 5.69 Å². The van der Waals surface area contributed by atoms with Crippen LogP contribution in [0.2, 0.25) is 10.0 Å². The highest BCUT2D eigenvalue weighted by Crippen LogP contribution is 2.44. The van der Waals surface area contributed by atoms with Crippen molar-refractivity contribution in [3.8, 4) is 5.75 Å². The monoisotopic (exact) mass is 474 g/mol. The first-order chi connectivity index (χ1) is 14.7. The third-order valence-electron chi connectivity index (χ3n) is 4.93. The number of phenolic OH excluding ortho intramolecular Hbond substituents is 1. The van der Waals surface area contributed by atoms with Crippen LogP contribution in [0.15, 0.2) is 53.8 Å². The maximum Gasteiger partial charge on any atom is 0.294 e. The molecule has 1 unspecified atom stereocenters. The van der Waals surface area contributed by atoms with E-state index in [-0.39, 0.29) is 16.3 Å². The summed E-state index contributed by atoms with van der Waals surface area (Å²) in [7, 11) is 0. The summed E-state index contributed by atoms with van der Waals surface area (Å²) in [6.45, 7) is 3.47. The smallest absolute Gasteiger partial charge is 0.294 e. The molecule has 1 atom stereocenters. The highest BCUT2D eigenvalue weighted by molar-refractivity contribution is 7.14. The summed E-state index contributed by atoms with van der Waals surface area (Å²) in [5.41, 5.74) is 1.22. The van der Waals surface area contributed by atoms with Crippen molar-refractivity contribution in [2.45, 2.75) is 19.9 Å². The number of Topliss-reactive ketones (excluding diaryl/α,β-unsaturated/α-hetero) is 1. The number of aromatic nitrogens is 1. The van der Waals surface area contributed by atoms with E-state index in [1.54, 1.807) is 32.0 Å². The van der Waals surface area contributed by atoms with E-state index in [1.165, 1.54) is 40.5 Å². The molecule has 0 fully saturated rings. The van der Waals surface area contributed by atoms with Crippen molar-refractivity contribution < 1.29 is 19.8 Å². The number of benzene rings is 2. The lowest BCUT2D eigenvalue weighted by Gasteiger charge is -2.27. The van der Waals surface area contributed by atoms with Crippen molar-refractivity contribution >= 4 is 51.9 Å². The van der Waals surface area contributed by atoms with Crippen LogP contribution in [0.1, 0.15) is 32.0 Å². The van der Waals surface area contributed by atoms with Crippen LogP contribution in [-0.2, 0) is 4.79 Å². The minimum Gasteiger partial charge on any atom is -0.508 e. The summed E-state index contributed by atoms with van der Waals surface area (Å²) >= 11 is 13.4. The number of hydrogen-bond donors (Lipinski definition) is 2. The van der Waals surface area contributed by atoms with Crippen LogP contribution in [0.3, 0.4) is 0 Å². The number of aliphatic hydroxyl groups is 1. The Morgan fingerprint density at radius 3 is 2.45 bits per heavy atom. The van der Waals surface area contributed by atoms with Gasteiger partial charge in [0.05, 0.1) is 37.2 Å². The Morgan fingerprint density at radius 2 is 1.84 bits per heavy atom. The predicted octanol–water partition coefficient (Wildman–Crippen LogP) is 5.56. The molecule has 3 aromatic rings. The zero-order valence-corrected chi connectivity index (χ0v) is 18.7. The Balaban J connectivity index is 1.92. The highest BCUT2D eigenvalue weighted by atomic mass is 35.5. The van der Waals surface area contributed by atoms with Crippen molar-refractivity contribution in [1.82, 2.24) is 4.98 Å². The zero-order valence-electron chi connectivity index (χ0n) is 16.4. The van der Waals surface area contributed by atoms with Gasteiger partial charge in [0.1, 0.15) is 5.75 Å². The SMILES string of the molecule is Cc1nc(C)c(C(=O)C2=C(O)C(=O)N(c3ccc(Cl)c(Cl)c3)C2c2cccc(O)c2)s1. The Bertz CT molecular complexity index is 1270. The van der Waals surface area contributed by atoms with Crippen LogP contribution >= 0.6 is 34.5 Å². The number of aromatic hydroxyl groups is 1. The topological polar surface area (TPSA) is 90.7 Å². The van der Waals surface area contributed by atoms with E-state index in [2.05, 4.69) is 4.98 Å². The summed E-state index contributed by atoms with van der Waals surface area (Å²) in [6, 6.07) is 9.79. The van der Waals surface area contributed by atoms with Crippen molar-refractivity contribution in [2.24, 2.45) is 0 Å². The van der Waals surface area contributed by atoms with Gasteiger partial charge in [0.25, 0.3) is 5.91 Å². The van der Waals surface area contributed by atoms with Gasteiger partial charge in [-0.2, -0.15) is 0 Å². The quantitative estimate of drug-likeness (QED) is 0.483. The lowest BCUT2D eigenvalue weighted by Crippen LogP contribution is -2.31. The Labute approximate surface area is 192 Å². The molecule has 0 saturated carbocycles. The minimum atomic E-state index is -0.980. The molecule has 0 radical (unpaired) electrons. The fraction of sp³-hybridized carbons (Fsp3) is 0.136. The van der Waals surface area contributed by atoms with Gasteiger partial charge >= 0.3 is 0 Å². The molecule has 1 aromatic heterocycles. The number of halogens is 2. The zero-order chi connectivity index (χ0) is 22.4. The molecule has 0 spiro atoms. The number of thiazole rings is 1. The van der Waals surface area contributed by atoms with Crippen molar-refractivity contribution in [2.75, 3.05) is 4.90 Å². The molecule has 0 bridgehead atoms. The van der Waals surface area contributed by atoms with Crippen LogP contribution in [0.5, 0.6) is 5.75 Å². The molecule has 1 aliphatic rings. The van der Waals surface area contributed by atoms with Gasteiger partial charge in [-0.25, -0.2) is 4.98 Å². The van der Waals surface area contributed by atoms with Gasteiger partial charge < -0.3 is 10.2 Å². The molecule has 0 aliphatic carbocycles. The molecular weight excluding hydrogens is 459 g/mol. The number of carbonyl (C=O) groups is 2.